The Balaban J connectivity index is 2.14. The Bertz CT molecular complexity index is 265. The summed E-state index contributed by atoms with van der Waals surface area (Å²) in [6.07, 6.45) is 9.79. The molecule has 0 aliphatic heterocycles. The first-order chi connectivity index (χ1) is 7.59. The maximum atomic E-state index is 4.34. The minimum atomic E-state index is 0.601. The molecule has 0 bridgehead atoms. The predicted octanol–water partition coefficient (Wildman–Crippen LogP) is 5.20. The van der Waals surface area contributed by atoms with Crippen LogP contribution in [-0.4, -0.2) is 0 Å². The molecule has 2 fully saturated rings. The molecule has 0 amide bonds. The van der Waals surface area contributed by atoms with Gasteiger partial charge < -0.3 is 0 Å². The zero-order chi connectivity index (χ0) is 11.8. The minimum absolute atomic E-state index is 0.601. The number of allylic oxidation sites excluding steroid dienone is 1. The van der Waals surface area contributed by atoms with Gasteiger partial charge in [0.05, 0.1) is 0 Å². The summed E-state index contributed by atoms with van der Waals surface area (Å²) in [7, 11) is 0. The molecule has 2 saturated carbocycles. The molecule has 92 valence electrons. The minimum Gasteiger partial charge on any atom is -0.0996 e. The fourth-order valence-corrected chi connectivity index (χ4v) is 4.76. The van der Waals surface area contributed by atoms with Crippen molar-refractivity contribution in [1.29, 1.82) is 0 Å². The van der Waals surface area contributed by atoms with Gasteiger partial charge in [-0.15, -0.1) is 0 Å². The van der Waals surface area contributed by atoms with Crippen LogP contribution in [0.15, 0.2) is 12.2 Å². The first-order valence-corrected chi connectivity index (χ1v) is 7.27. The monoisotopic (exact) mass is 220 g/mol. The average Bonchev–Trinajstić information content (AvgIpc) is 2.57. The lowest BCUT2D eigenvalue weighted by atomic mass is 9.61. The van der Waals surface area contributed by atoms with Crippen LogP contribution < -0.4 is 0 Å². The van der Waals surface area contributed by atoms with Crippen LogP contribution in [0.1, 0.15) is 65.7 Å². The van der Waals surface area contributed by atoms with E-state index in [0.29, 0.717) is 5.41 Å². The molecule has 0 aromatic heterocycles. The largest absolute Gasteiger partial charge is 0.0996 e. The number of fused-ring (bicyclic) bond motifs is 1. The molecule has 16 heavy (non-hydrogen) atoms. The van der Waals surface area contributed by atoms with Crippen molar-refractivity contribution in [2.24, 2.45) is 23.2 Å². The number of hydrogen-bond donors (Lipinski definition) is 0. The van der Waals surface area contributed by atoms with Crippen LogP contribution in [0.2, 0.25) is 0 Å². The van der Waals surface area contributed by atoms with Crippen molar-refractivity contribution in [3.05, 3.63) is 12.2 Å². The molecule has 0 radical (unpaired) electrons. The summed E-state index contributed by atoms with van der Waals surface area (Å²) in [6, 6.07) is 0. The lowest BCUT2D eigenvalue weighted by Crippen LogP contribution is -2.35. The van der Waals surface area contributed by atoms with Crippen molar-refractivity contribution < 1.29 is 0 Å². The molecule has 0 aromatic carbocycles. The highest BCUT2D eigenvalue weighted by Gasteiger charge is 2.49. The Morgan fingerprint density at radius 2 is 2.19 bits per heavy atom. The second kappa shape index (κ2) is 4.55. The molecule has 0 spiro atoms. The molecular formula is C16H28. The molecule has 0 heterocycles. The van der Waals surface area contributed by atoms with Crippen LogP contribution in [-0.2, 0) is 0 Å². The summed E-state index contributed by atoms with van der Waals surface area (Å²) in [4.78, 5) is 0. The molecule has 0 N–H and O–H groups in total. The van der Waals surface area contributed by atoms with Gasteiger partial charge >= 0.3 is 0 Å². The molecule has 4 atom stereocenters. The Kier molecular flexibility index (Phi) is 3.47. The van der Waals surface area contributed by atoms with Crippen molar-refractivity contribution in [2.75, 3.05) is 0 Å². The highest BCUT2D eigenvalue weighted by atomic mass is 14.5. The van der Waals surface area contributed by atoms with E-state index >= 15 is 0 Å². The average molecular weight is 220 g/mol. The highest BCUT2D eigenvalue weighted by molar-refractivity contribution is 5.15. The topological polar surface area (TPSA) is 0 Å². The molecule has 0 saturated heterocycles. The lowest BCUT2D eigenvalue weighted by Gasteiger charge is -2.44. The number of hydrogen-bond acceptors (Lipinski definition) is 0. The van der Waals surface area contributed by atoms with Gasteiger partial charge in [0, 0.05) is 0 Å². The van der Waals surface area contributed by atoms with Crippen LogP contribution in [0.5, 0.6) is 0 Å². The summed E-state index contributed by atoms with van der Waals surface area (Å²) in [6.45, 7) is 11.7. The second-order valence-corrected chi connectivity index (χ2v) is 6.52. The van der Waals surface area contributed by atoms with Gasteiger partial charge in [-0.2, -0.15) is 0 Å². The maximum Gasteiger partial charge on any atom is -0.0149 e. The Hall–Kier alpha value is -0.260. The molecular weight excluding hydrogens is 192 g/mol. The number of rotatable bonds is 3. The van der Waals surface area contributed by atoms with Gasteiger partial charge in [0.1, 0.15) is 0 Å². The van der Waals surface area contributed by atoms with E-state index in [-0.39, 0.29) is 0 Å². The van der Waals surface area contributed by atoms with Crippen molar-refractivity contribution in [2.45, 2.75) is 65.7 Å². The molecule has 2 aliphatic carbocycles. The summed E-state index contributed by atoms with van der Waals surface area (Å²) in [5, 5.41) is 0. The van der Waals surface area contributed by atoms with E-state index in [4.69, 9.17) is 0 Å². The van der Waals surface area contributed by atoms with Gasteiger partial charge in [-0.05, 0) is 55.3 Å². The molecule has 2 rings (SSSR count). The zero-order valence-corrected chi connectivity index (χ0v) is 11.4. The first kappa shape index (κ1) is 12.2. The van der Waals surface area contributed by atoms with E-state index < -0.39 is 0 Å². The highest BCUT2D eigenvalue weighted by Crippen LogP contribution is 2.59. The third kappa shape index (κ3) is 1.85. The van der Waals surface area contributed by atoms with Crippen molar-refractivity contribution in [3.63, 3.8) is 0 Å². The molecule has 0 heteroatoms. The van der Waals surface area contributed by atoms with Gasteiger partial charge in [0.15, 0.2) is 0 Å². The normalized spacial score (nSPS) is 40.8. The Morgan fingerprint density at radius 3 is 2.88 bits per heavy atom. The Morgan fingerprint density at radius 1 is 1.44 bits per heavy atom. The van der Waals surface area contributed by atoms with Crippen LogP contribution >= 0.6 is 0 Å². The lowest BCUT2D eigenvalue weighted by molar-refractivity contribution is 0.0943. The first-order valence-electron chi connectivity index (χ1n) is 7.27. The van der Waals surface area contributed by atoms with Crippen LogP contribution in [0.3, 0.4) is 0 Å². The quantitative estimate of drug-likeness (QED) is 0.574. The summed E-state index contributed by atoms with van der Waals surface area (Å²) >= 11 is 0. The van der Waals surface area contributed by atoms with Crippen LogP contribution in [0.25, 0.3) is 0 Å². The van der Waals surface area contributed by atoms with Gasteiger partial charge in [-0.25, -0.2) is 0 Å². The van der Waals surface area contributed by atoms with E-state index in [2.05, 4.69) is 27.4 Å². The molecule has 2 unspecified atom stereocenters. The SMILES string of the molecule is C=C1CCC[C@@]2(C)C1CC[C@@H]2C(C)CCC. The van der Waals surface area contributed by atoms with Crippen molar-refractivity contribution in [1.82, 2.24) is 0 Å². The van der Waals surface area contributed by atoms with Gasteiger partial charge in [-0.1, -0.05) is 45.8 Å². The van der Waals surface area contributed by atoms with Gasteiger partial charge in [0.25, 0.3) is 0 Å². The predicted molar refractivity (Wildman–Crippen MR) is 71.4 cm³/mol. The third-order valence-electron chi connectivity index (χ3n) is 5.55. The van der Waals surface area contributed by atoms with Crippen LogP contribution in [0.4, 0.5) is 0 Å². The van der Waals surface area contributed by atoms with Crippen molar-refractivity contribution >= 4 is 0 Å². The smallest absolute Gasteiger partial charge is 0.0149 e. The standard InChI is InChI=1S/C16H28/c1-5-7-12(2)14-9-10-15-13(3)8-6-11-16(14,15)4/h12,14-15H,3,5-11H2,1-2,4H3/t12?,14-,15?,16-/m1/s1. The third-order valence-corrected chi connectivity index (χ3v) is 5.55. The Labute approximate surface area is 102 Å². The molecule has 0 nitrogen and oxygen atoms in total. The summed E-state index contributed by atoms with van der Waals surface area (Å²) in [5.74, 6) is 2.74. The van der Waals surface area contributed by atoms with E-state index in [0.717, 1.165) is 17.8 Å². The summed E-state index contributed by atoms with van der Waals surface area (Å²) < 4.78 is 0. The summed E-state index contributed by atoms with van der Waals surface area (Å²) in [5.41, 5.74) is 2.17. The second-order valence-electron chi connectivity index (χ2n) is 6.52. The molecule has 2 aliphatic rings. The van der Waals surface area contributed by atoms with Gasteiger partial charge in [0.2, 0.25) is 0 Å². The van der Waals surface area contributed by atoms with E-state index in [9.17, 15) is 0 Å². The zero-order valence-electron chi connectivity index (χ0n) is 11.4. The van der Waals surface area contributed by atoms with Crippen LogP contribution in [0, 0.1) is 23.2 Å². The maximum absolute atomic E-state index is 4.34. The van der Waals surface area contributed by atoms with E-state index in [1.165, 1.54) is 44.9 Å². The van der Waals surface area contributed by atoms with E-state index in [1.54, 1.807) is 5.57 Å². The molecule has 0 aromatic rings. The van der Waals surface area contributed by atoms with Crippen molar-refractivity contribution in [3.8, 4) is 0 Å². The fraction of sp³-hybridized carbons (Fsp3) is 0.875. The van der Waals surface area contributed by atoms with E-state index in [1.807, 2.05) is 0 Å². The van der Waals surface area contributed by atoms with Gasteiger partial charge in [-0.3, -0.25) is 0 Å². The fourth-order valence-electron chi connectivity index (χ4n) is 4.76.